The lowest BCUT2D eigenvalue weighted by molar-refractivity contribution is -0.114. The lowest BCUT2D eigenvalue weighted by Crippen LogP contribution is -2.52. The molecule has 0 radical (unpaired) electrons. The van der Waals surface area contributed by atoms with Gasteiger partial charge in [-0.25, -0.2) is 4.79 Å². The van der Waals surface area contributed by atoms with Crippen molar-refractivity contribution in [3.63, 3.8) is 0 Å². The summed E-state index contributed by atoms with van der Waals surface area (Å²) in [6.07, 6.45) is 0. The number of rotatable bonds is 6. The minimum atomic E-state index is -0.134. The highest BCUT2D eigenvalue weighted by atomic mass is 35.5. The molecule has 0 bridgehead atoms. The average molecular weight is 417 g/mol. The third kappa shape index (κ3) is 6.29. The number of ether oxygens (including phenoxy) is 1. The largest absolute Gasteiger partial charge is 0.492 e. The lowest BCUT2D eigenvalue weighted by atomic mass is 10.2. The fraction of sp³-hybridized carbons (Fsp3) is 0.333. The number of carbonyl (C=O) groups is 2. The van der Waals surface area contributed by atoms with Crippen molar-refractivity contribution < 1.29 is 14.3 Å². The van der Waals surface area contributed by atoms with Gasteiger partial charge in [-0.1, -0.05) is 23.7 Å². The molecule has 0 saturated carbocycles. The van der Waals surface area contributed by atoms with Crippen LogP contribution in [-0.4, -0.2) is 56.2 Å². The minimum absolute atomic E-state index is 0.0914. The third-order valence-corrected chi connectivity index (χ3v) is 4.78. The van der Waals surface area contributed by atoms with Crippen LogP contribution in [0.1, 0.15) is 6.92 Å². The van der Waals surface area contributed by atoms with Gasteiger partial charge in [-0.05, 0) is 30.3 Å². The van der Waals surface area contributed by atoms with Gasteiger partial charge in [0.25, 0.3) is 0 Å². The Morgan fingerprint density at radius 3 is 2.55 bits per heavy atom. The zero-order valence-electron chi connectivity index (χ0n) is 16.4. The number of hydrogen-bond acceptors (Lipinski definition) is 4. The topological polar surface area (TPSA) is 73.9 Å². The zero-order valence-corrected chi connectivity index (χ0v) is 17.1. The van der Waals surface area contributed by atoms with Crippen LogP contribution in [0.3, 0.4) is 0 Å². The highest BCUT2D eigenvalue weighted by molar-refractivity contribution is 6.30. The van der Waals surface area contributed by atoms with E-state index in [0.29, 0.717) is 42.7 Å². The maximum absolute atomic E-state index is 12.4. The van der Waals surface area contributed by atoms with E-state index < -0.39 is 0 Å². The van der Waals surface area contributed by atoms with Gasteiger partial charge in [0.05, 0.1) is 6.54 Å². The number of hydrogen-bond donors (Lipinski definition) is 2. The van der Waals surface area contributed by atoms with E-state index in [1.807, 2.05) is 30.3 Å². The van der Waals surface area contributed by atoms with Crippen molar-refractivity contribution in [3.05, 3.63) is 53.6 Å². The SMILES string of the molecule is CC(=O)Nc1cccc(OCCNC(=O)N2CCN(c3cccc(Cl)c3)CC2)c1. The van der Waals surface area contributed by atoms with Gasteiger partial charge in [-0.15, -0.1) is 0 Å². The van der Waals surface area contributed by atoms with Crippen molar-refractivity contribution in [2.45, 2.75) is 6.92 Å². The Kier molecular flexibility index (Phi) is 7.19. The first-order valence-electron chi connectivity index (χ1n) is 9.55. The number of nitrogens with zero attached hydrogens (tertiary/aromatic N) is 2. The molecule has 29 heavy (non-hydrogen) atoms. The second-order valence-corrected chi connectivity index (χ2v) is 7.18. The molecule has 0 atom stereocenters. The van der Waals surface area contributed by atoms with Gasteiger partial charge in [0, 0.05) is 55.6 Å². The van der Waals surface area contributed by atoms with Crippen molar-refractivity contribution in [2.24, 2.45) is 0 Å². The fourth-order valence-electron chi connectivity index (χ4n) is 3.15. The Labute approximate surface area is 175 Å². The predicted molar refractivity (Wildman–Crippen MR) is 115 cm³/mol. The van der Waals surface area contributed by atoms with Crippen molar-refractivity contribution in [1.82, 2.24) is 10.2 Å². The van der Waals surface area contributed by atoms with Crippen molar-refractivity contribution in [1.29, 1.82) is 0 Å². The highest BCUT2D eigenvalue weighted by Gasteiger charge is 2.21. The molecule has 2 N–H and O–H groups in total. The molecule has 1 saturated heterocycles. The van der Waals surface area contributed by atoms with Crippen LogP contribution in [0.15, 0.2) is 48.5 Å². The van der Waals surface area contributed by atoms with Gasteiger partial charge in [0.15, 0.2) is 0 Å². The molecule has 1 fully saturated rings. The van der Waals surface area contributed by atoms with Crippen LogP contribution < -0.4 is 20.3 Å². The molecule has 1 aliphatic heterocycles. The van der Waals surface area contributed by atoms with Crippen LogP contribution in [0.5, 0.6) is 5.75 Å². The number of halogens is 1. The first-order chi connectivity index (χ1) is 14.0. The smallest absolute Gasteiger partial charge is 0.317 e. The average Bonchev–Trinajstić information content (AvgIpc) is 2.71. The van der Waals surface area contributed by atoms with Crippen LogP contribution in [0.4, 0.5) is 16.2 Å². The Hall–Kier alpha value is -2.93. The van der Waals surface area contributed by atoms with E-state index in [1.54, 1.807) is 23.1 Å². The molecule has 0 unspecified atom stereocenters. The van der Waals surface area contributed by atoms with E-state index in [4.69, 9.17) is 16.3 Å². The molecule has 2 aromatic rings. The summed E-state index contributed by atoms with van der Waals surface area (Å²) in [6, 6.07) is 14.8. The summed E-state index contributed by atoms with van der Waals surface area (Å²) in [5.74, 6) is 0.505. The van der Waals surface area contributed by atoms with E-state index in [9.17, 15) is 9.59 Å². The normalized spacial score (nSPS) is 13.7. The maximum atomic E-state index is 12.4. The minimum Gasteiger partial charge on any atom is -0.492 e. The Bertz CT molecular complexity index is 853. The van der Waals surface area contributed by atoms with Crippen molar-refractivity contribution in [3.8, 4) is 5.75 Å². The third-order valence-electron chi connectivity index (χ3n) is 4.54. The van der Waals surface area contributed by atoms with Crippen LogP contribution in [0.25, 0.3) is 0 Å². The number of nitrogens with one attached hydrogen (secondary N) is 2. The van der Waals surface area contributed by atoms with E-state index in [2.05, 4.69) is 15.5 Å². The molecular weight excluding hydrogens is 392 g/mol. The van der Waals surface area contributed by atoms with Crippen molar-refractivity contribution in [2.75, 3.05) is 49.5 Å². The molecule has 154 valence electrons. The molecule has 1 aliphatic rings. The molecule has 3 amide bonds. The molecule has 2 aromatic carbocycles. The van der Waals surface area contributed by atoms with Crippen LogP contribution in [0, 0.1) is 0 Å². The molecule has 7 nitrogen and oxygen atoms in total. The van der Waals surface area contributed by atoms with Gasteiger partial charge >= 0.3 is 6.03 Å². The Balaban J connectivity index is 1.38. The lowest BCUT2D eigenvalue weighted by Gasteiger charge is -2.36. The standard InChI is InChI=1S/C21H25ClN4O3/c1-16(27)24-18-5-3-7-20(15-18)29-13-8-23-21(28)26-11-9-25(10-12-26)19-6-2-4-17(22)14-19/h2-7,14-15H,8-13H2,1H3,(H,23,28)(H,24,27). The van der Waals surface area contributed by atoms with Gasteiger partial charge in [0.1, 0.15) is 12.4 Å². The first kappa shape index (κ1) is 20.8. The van der Waals surface area contributed by atoms with E-state index >= 15 is 0 Å². The summed E-state index contributed by atoms with van der Waals surface area (Å²) in [7, 11) is 0. The summed E-state index contributed by atoms with van der Waals surface area (Å²) in [5.41, 5.74) is 1.75. The second-order valence-electron chi connectivity index (χ2n) is 6.74. The zero-order chi connectivity index (χ0) is 20.6. The van der Waals surface area contributed by atoms with Crippen LogP contribution in [0.2, 0.25) is 5.02 Å². The number of urea groups is 1. The maximum Gasteiger partial charge on any atom is 0.317 e. The number of anilines is 2. The monoisotopic (exact) mass is 416 g/mol. The van der Waals surface area contributed by atoms with Gasteiger partial charge < -0.3 is 25.2 Å². The quantitative estimate of drug-likeness (QED) is 0.709. The van der Waals surface area contributed by atoms with E-state index in [1.165, 1.54) is 6.92 Å². The Morgan fingerprint density at radius 1 is 1.07 bits per heavy atom. The Morgan fingerprint density at radius 2 is 1.83 bits per heavy atom. The second kappa shape index (κ2) is 10.0. The van der Waals surface area contributed by atoms with Gasteiger partial charge in [-0.3, -0.25) is 4.79 Å². The highest BCUT2D eigenvalue weighted by Crippen LogP contribution is 2.21. The van der Waals surface area contributed by atoms with Crippen molar-refractivity contribution >= 4 is 34.9 Å². The molecule has 3 rings (SSSR count). The summed E-state index contributed by atoms with van der Waals surface area (Å²) in [5, 5.41) is 6.31. The van der Waals surface area contributed by atoms with E-state index in [-0.39, 0.29) is 11.9 Å². The summed E-state index contributed by atoms with van der Waals surface area (Å²) >= 11 is 6.06. The molecule has 1 heterocycles. The van der Waals surface area contributed by atoms with Crippen LogP contribution in [-0.2, 0) is 4.79 Å². The summed E-state index contributed by atoms with van der Waals surface area (Å²) in [4.78, 5) is 27.5. The number of carbonyl (C=O) groups excluding carboxylic acids is 2. The molecule has 8 heteroatoms. The van der Waals surface area contributed by atoms with Crippen LogP contribution >= 0.6 is 11.6 Å². The van der Waals surface area contributed by atoms with E-state index in [0.717, 1.165) is 18.8 Å². The molecular formula is C21H25ClN4O3. The van der Waals surface area contributed by atoms with Gasteiger partial charge in [0.2, 0.25) is 5.91 Å². The first-order valence-corrected chi connectivity index (χ1v) is 9.93. The molecule has 0 aliphatic carbocycles. The summed E-state index contributed by atoms with van der Waals surface area (Å²) in [6.45, 7) is 5.03. The molecule has 0 spiro atoms. The number of benzene rings is 2. The predicted octanol–water partition coefficient (Wildman–Crippen LogP) is 3.21. The molecule has 0 aromatic heterocycles. The summed E-state index contributed by atoms with van der Waals surface area (Å²) < 4.78 is 5.65. The van der Waals surface area contributed by atoms with Gasteiger partial charge in [-0.2, -0.15) is 0 Å². The number of amides is 3. The number of piperazine rings is 1. The fourth-order valence-corrected chi connectivity index (χ4v) is 3.33.